The van der Waals surface area contributed by atoms with Crippen molar-refractivity contribution in [1.29, 1.82) is 0 Å². The summed E-state index contributed by atoms with van der Waals surface area (Å²) in [5.74, 6) is -0.490. The second kappa shape index (κ2) is 7.78. The molecule has 1 aromatic carbocycles. The maximum atomic E-state index is 11.9. The number of carbonyl (C=O) groups is 2. The number of benzene rings is 1. The van der Waals surface area contributed by atoms with Crippen LogP contribution < -0.4 is 16.4 Å². The molecule has 5 heteroatoms. The van der Waals surface area contributed by atoms with Crippen LogP contribution in [0, 0.1) is 12.8 Å². The molecule has 0 spiro atoms. The van der Waals surface area contributed by atoms with E-state index in [2.05, 4.69) is 10.6 Å². The van der Waals surface area contributed by atoms with Gasteiger partial charge in [-0.25, -0.2) is 0 Å². The van der Waals surface area contributed by atoms with Crippen LogP contribution in [0.1, 0.15) is 31.9 Å². The molecule has 0 saturated carbocycles. The fraction of sp³-hybridized carbons (Fsp3) is 0.500. The molecule has 2 amide bonds. The Bertz CT molecular complexity index is 483. The molecule has 0 saturated heterocycles. The van der Waals surface area contributed by atoms with Crippen LogP contribution in [-0.2, 0) is 16.1 Å². The molecule has 0 unspecified atom stereocenters. The predicted molar refractivity (Wildman–Crippen MR) is 83.4 cm³/mol. The van der Waals surface area contributed by atoms with Gasteiger partial charge in [0.05, 0.1) is 6.04 Å². The summed E-state index contributed by atoms with van der Waals surface area (Å²) >= 11 is 0. The molecule has 0 aliphatic heterocycles. The summed E-state index contributed by atoms with van der Waals surface area (Å²) in [7, 11) is 0. The van der Waals surface area contributed by atoms with Gasteiger partial charge in [0, 0.05) is 6.54 Å². The van der Waals surface area contributed by atoms with Crippen LogP contribution in [0.3, 0.4) is 0 Å². The topological polar surface area (TPSA) is 84.2 Å². The lowest BCUT2D eigenvalue weighted by Gasteiger charge is -2.19. The standard InChI is InChI=1S/C16H25N3O2/c1-10(2)14(17)16(21)19-12(4)15(20)18-9-13-7-5-11(3)6-8-13/h5-8,10,12,14H,9,17H2,1-4H3,(H,18,20)(H,19,21)/t12-,14-/m0/s1. The van der Waals surface area contributed by atoms with Crippen LogP contribution in [-0.4, -0.2) is 23.9 Å². The van der Waals surface area contributed by atoms with Crippen LogP contribution >= 0.6 is 0 Å². The predicted octanol–water partition coefficient (Wildman–Crippen LogP) is 1.10. The van der Waals surface area contributed by atoms with E-state index in [0.29, 0.717) is 6.54 Å². The number of amides is 2. The normalized spacial score (nSPS) is 13.6. The number of rotatable bonds is 6. The summed E-state index contributed by atoms with van der Waals surface area (Å²) in [5, 5.41) is 5.43. The minimum Gasteiger partial charge on any atom is -0.350 e. The third-order valence-corrected chi connectivity index (χ3v) is 3.36. The number of hydrogen-bond acceptors (Lipinski definition) is 3. The van der Waals surface area contributed by atoms with Crippen molar-refractivity contribution in [2.45, 2.75) is 46.3 Å². The quantitative estimate of drug-likeness (QED) is 0.734. The highest BCUT2D eigenvalue weighted by Crippen LogP contribution is 2.03. The minimum atomic E-state index is -0.604. The van der Waals surface area contributed by atoms with Crippen molar-refractivity contribution in [3.63, 3.8) is 0 Å². The zero-order chi connectivity index (χ0) is 16.0. The molecule has 1 rings (SSSR count). The van der Waals surface area contributed by atoms with Crippen LogP contribution in [0.5, 0.6) is 0 Å². The average Bonchev–Trinajstić information content (AvgIpc) is 2.45. The van der Waals surface area contributed by atoms with Crippen molar-refractivity contribution in [1.82, 2.24) is 10.6 Å². The Labute approximate surface area is 126 Å². The molecule has 4 N–H and O–H groups in total. The highest BCUT2D eigenvalue weighted by molar-refractivity contribution is 5.89. The zero-order valence-corrected chi connectivity index (χ0v) is 13.1. The van der Waals surface area contributed by atoms with Crippen LogP contribution in [0.25, 0.3) is 0 Å². The van der Waals surface area contributed by atoms with E-state index in [4.69, 9.17) is 5.73 Å². The molecule has 0 fully saturated rings. The summed E-state index contributed by atoms with van der Waals surface area (Å²) in [5.41, 5.74) is 7.94. The highest BCUT2D eigenvalue weighted by Gasteiger charge is 2.21. The molecule has 0 aromatic heterocycles. The molecule has 0 radical (unpaired) electrons. The van der Waals surface area contributed by atoms with E-state index in [0.717, 1.165) is 5.56 Å². The van der Waals surface area contributed by atoms with Crippen molar-refractivity contribution in [3.8, 4) is 0 Å². The van der Waals surface area contributed by atoms with Gasteiger partial charge in [-0.2, -0.15) is 0 Å². The van der Waals surface area contributed by atoms with E-state index < -0.39 is 12.1 Å². The number of nitrogens with two attached hydrogens (primary N) is 1. The highest BCUT2D eigenvalue weighted by atomic mass is 16.2. The van der Waals surface area contributed by atoms with Crippen LogP contribution in [0.2, 0.25) is 0 Å². The Morgan fingerprint density at radius 3 is 2.19 bits per heavy atom. The van der Waals surface area contributed by atoms with Gasteiger partial charge in [-0.1, -0.05) is 43.7 Å². The Kier molecular flexibility index (Phi) is 6.37. The monoisotopic (exact) mass is 291 g/mol. The molecule has 21 heavy (non-hydrogen) atoms. The summed E-state index contributed by atoms with van der Waals surface area (Å²) in [6, 6.07) is 6.72. The fourth-order valence-corrected chi connectivity index (χ4v) is 1.73. The van der Waals surface area contributed by atoms with Crippen molar-refractivity contribution in [3.05, 3.63) is 35.4 Å². The first-order valence-corrected chi connectivity index (χ1v) is 7.20. The molecule has 0 bridgehead atoms. The lowest BCUT2D eigenvalue weighted by molar-refractivity contribution is -0.129. The maximum absolute atomic E-state index is 11.9. The molecule has 0 aliphatic carbocycles. The Balaban J connectivity index is 2.44. The first-order chi connectivity index (χ1) is 9.81. The second-order valence-corrected chi connectivity index (χ2v) is 5.70. The number of nitrogens with one attached hydrogen (secondary N) is 2. The van der Waals surface area contributed by atoms with E-state index in [1.807, 2.05) is 45.0 Å². The first kappa shape index (κ1) is 17.2. The minimum absolute atomic E-state index is 0.0350. The first-order valence-electron chi connectivity index (χ1n) is 7.20. The van der Waals surface area contributed by atoms with E-state index in [9.17, 15) is 9.59 Å². The third kappa shape index (κ3) is 5.55. The van der Waals surface area contributed by atoms with Gasteiger partial charge in [-0.05, 0) is 25.3 Å². The SMILES string of the molecule is Cc1ccc(CNC(=O)[C@H](C)NC(=O)[C@@H](N)C(C)C)cc1. The molecular formula is C16H25N3O2. The van der Waals surface area contributed by atoms with E-state index in [-0.39, 0.29) is 17.7 Å². The zero-order valence-electron chi connectivity index (χ0n) is 13.1. The van der Waals surface area contributed by atoms with Crippen LogP contribution in [0.15, 0.2) is 24.3 Å². The van der Waals surface area contributed by atoms with Crippen molar-refractivity contribution in [2.75, 3.05) is 0 Å². The molecule has 5 nitrogen and oxygen atoms in total. The smallest absolute Gasteiger partial charge is 0.242 e. The fourth-order valence-electron chi connectivity index (χ4n) is 1.73. The van der Waals surface area contributed by atoms with Gasteiger partial charge in [-0.15, -0.1) is 0 Å². The van der Waals surface area contributed by atoms with Gasteiger partial charge in [0.2, 0.25) is 11.8 Å². The molecule has 116 valence electrons. The molecule has 1 aromatic rings. The lowest BCUT2D eigenvalue weighted by Crippen LogP contribution is -2.51. The number of aryl methyl sites for hydroxylation is 1. The number of hydrogen-bond donors (Lipinski definition) is 3. The van der Waals surface area contributed by atoms with Gasteiger partial charge < -0.3 is 16.4 Å². The van der Waals surface area contributed by atoms with Gasteiger partial charge >= 0.3 is 0 Å². The summed E-state index contributed by atoms with van der Waals surface area (Å²) < 4.78 is 0. The van der Waals surface area contributed by atoms with Crippen molar-refractivity contribution >= 4 is 11.8 Å². The van der Waals surface area contributed by atoms with Gasteiger partial charge in [-0.3, -0.25) is 9.59 Å². The van der Waals surface area contributed by atoms with Crippen LogP contribution in [0.4, 0.5) is 0 Å². The maximum Gasteiger partial charge on any atom is 0.242 e. The van der Waals surface area contributed by atoms with E-state index >= 15 is 0 Å². The Morgan fingerprint density at radius 2 is 1.67 bits per heavy atom. The van der Waals surface area contributed by atoms with E-state index in [1.54, 1.807) is 6.92 Å². The second-order valence-electron chi connectivity index (χ2n) is 5.70. The van der Waals surface area contributed by atoms with E-state index in [1.165, 1.54) is 5.56 Å². The van der Waals surface area contributed by atoms with Gasteiger partial charge in [0.25, 0.3) is 0 Å². The van der Waals surface area contributed by atoms with Gasteiger partial charge in [0.1, 0.15) is 6.04 Å². The lowest BCUT2D eigenvalue weighted by atomic mass is 10.0. The van der Waals surface area contributed by atoms with Gasteiger partial charge in [0.15, 0.2) is 0 Å². The summed E-state index contributed by atoms with van der Waals surface area (Å²) in [6.45, 7) is 7.83. The Hall–Kier alpha value is -1.88. The summed E-state index contributed by atoms with van der Waals surface area (Å²) in [4.78, 5) is 23.7. The van der Waals surface area contributed by atoms with Crippen molar-refractivity contribution < 1.29 is 9.59 Å². The average molecular weight is 291 g/mol. The molecule has 2 atom stereocenters. The third-order valence-electron chi connectivity index (χ3n) is 3.36. The molecule has 0 heterocycles. The largest absolute Gasteiger partial charge is 0.350 e. The molecule has 0 aliphatic rings. The Morgan fingerprint density at radius 1 is 1.10 bits per heavy atom. The molecular weight excluding hydrogens is 266 g/mol. The van der Waals surface area contributed by atoms with Crippen molar-refractivity contribution in [2.24, 2.45) is 11.7 Å². The number of carbonyl (C=O) groups excluding carboxylic acids is 2. The summed E-state index contributed by atoms with van der Waals surface area (Å²) in [6.07, 6.45) is 0.